The minimum atomic E-state index is -0.411. The lowest BCUT2D eigenvalue weighted by Crippen LogP contribution is -2.13. The quantitative estimate of drug-likeness (QED) is 0.709. The zero-order valence-corrected chi connectivity index (χ0v) is 15.8. The van der Waals surface area contributed by atoms with Crippen LogP contribution in [0.5, 0.6) is 0 Å². The van der Waals surface area contributed by atoms with Crippen LogP contribution in [0.25, 0.3) is 11.1 Å². The number of hydrogen-bond donors (Lipinski definition) is 1. The SMILES string of the molecule is CCc1c(-c2ccc(C#N)cc2)c(C(N)=O)c(C)n1CCc1cccs1. The minimum Gasteiger partial charge on any atom is -0.366 e. The maximum absolute atomic E-state index is 12.2. The Kier molecular flexibility index (Phi) is 5.24. The number of thiophene rings is 1. The largest absolute Gasteiger partial charge is 0.366 e. The molecule has 1 aromatic carbocycles. The Hall–Kier alpha value is -2.84. The number of carbonyl (C=O) groups is 1. The Morgan fingerprint density at radius 2 is 2.00 bits per heavy atom. The molecule has 0 saturated carbocycles. The lowest BCUT2D eigenvalue weighted by atomic mass is 9.98. The summed E-state index contributed by atoms with van der Waals surface area (Å²) in [6.45, 7) is 4.86. The zero-order valence-electron chi connectivity index (χ0n) is 15.0. The van der Waals surface area contributed by atoms with E-state index in [4.69, 9.17) is 11.0 Å². The van der Waals surface area contributed by atoms with E-state index in [-0.39, 0.29) is 0 Å². The van der Waals surface area contributed by atoms with Gasteiger partial charge in [0.2, 0.25) is 0 Å². The summed E-state index contributed by atoms with van der Waals surface area (Å²) in [5.74, 6) is -0.411. The van der Waals surface area contributed by atoms with Crippen LogP contribution in [-0.2, 0) is 19.4 Å². The number of aromatic nitrogens is 1. The van der Waals surface area contributed by atoms with Gasteiger partial charge in [0.25, 0.3) is 5.91 Å². The third-order valence-electron chi connectivity index (χ3n) is 4.68. The van der Waals surface area contributed by atoms with Gasteiger partial charge in [-0.3, -0.25) is 4.79 Å². The van der Waals surface area contributed by atoms with E-state index in [1.807, 2.05) is 19.1 Å². The molecule has 3 rings (SSSR count). The highest BCUT2D eigenvalue weighted by molar-refractivity contribution is 7.09. The van der Waals surface area contributed by atoms with Crippen molar-refractivity contribution in [3.8, 4) is 17.2 Å². The highest BCUT2D eigenvalue weighted by atomic mass is 32.1. The molecule has 1 amide bonds. The second kappa shape index (κ2) is 7.59. The van der Waals surface area contributed by atoms with E-state index in [1.54, 1.807) is 23.5 Å². The van der Waals surface area contributed by atoms with Crippen molar-refractivity contribution in [2.75, 3.05) is 0 Å². The van der Waals surface area contributed by atoms with Crippen LogP contribution in [0.3, 0.4) is 0 Å². The predicted molar refractivity (Wildman–Crippen MR) is 105 cm³/mol. The van der Waals surface area contributed by atoms with Crippen LogP contribution in [-0.4, -0.2) is 10.5 Å². The van der Waals surface area contributed by atoms with E-state index >= 15 is 0 Å². The summed E-state index contributed by atoms with van der Waals surface area (Å²) in [6, 6.07) is 13.6. The fraction of sp³-hybridized carbons (Fsp3) is 0.238. The summed E-state index contributed by atoms with van der Waals surface area (Å²) in [6.07, 6.45) is 1.72. The third-order valence-corrected chi connectivity index (χ3v) is 5.61. The summed E-state index contributed by atoms with van der Waals surface area (Å²) < 4.78 is 2.22. The summed E-state index contributed by atoms with van der Waals surface area (Å²) in [7, 11) is 0. The molecular weight excluding hydrogens is 342 g/mol. The Morgan fingerprint density at radius 3 is 2.54 bits per heavy atom. The van der Waals surface area contributed by atoms with Crippen LogP contribution >= 0.6 is 11.3 Å². The van der Waals surface area contributed by atoms with Crippen molar-refractivity contribution in [3.05, 3.63) is 69.2 Å². The van der Waals surface area contributed by atoms with Gasteiger partial charge < -0.3 is 10.3 Å². The van der Waals surface area contributed by atoms with Crippen LogP contribution in [0.15, 0.2) is 41.8 Å². The molecule has 26 heavy (non-hydrogen) atoms. The summed E-state index contributed by atoms with van der Waals surface area (Å²) in [5.41, 5.74) is 10.8. The zero-order chi connectivity index (χ0) is 18.7. The lowest BCUT2D eigenvalue weighted by Gasteiger charge is -2.11. The first-order valence-corrected chi connectivity index (χ1v) is 9.49. The number of nitrogens with zero attached hydrogens (tertiary/aromatic N) is 2. The van der Waals surface area contributed by atoms with E-state index in [9.17, 15) is 4.79 Å². The van der Waals surface area contributed by atoms with Crippen LogP contribution in [0.2, 0.25) is 0 Å². The van der Waals surface area contributed by atoms with Crippen LogP contribution in [0.1, 0.15) is 39.1 Å². The number of nitrogens with two attached hydrogens (primary N) is 1. The van der Waals surface area contributed by atoms with E-state index in [0.717, 1.165) is 41.9 Å². The molecule has 5 heteroatoms. The summed E-state index contributed by atoms with van der Waals surface area (Å²) in [5, 5.41) is 11.1. The third kappa shape index (κ3) is 3.29. The predicted octanol–water partition coefficient (Wildman–Crippen LogP) is 4.30. The average Bonchev–Trinajstić information content (AvgIpc) is 3.25. The van der Waals surface area contributed by atoms with Crippen LogP contribution in [0.4, 0.5) is 0 Å². The van der Waals surface area contributed by atoms with Crippen molar-refractivity contribution >= 4 is 17.2 Å². The molecule has 0 unspecified atom stereocenters. The monoisotopic (exact) mass is 363 g/mol. The molecule has 2 heterocycles. The van der Waals surface area contributed by atoms with E-state index in [1.165, 1.54) is 4.88 Å². The van der Waals surface area contributed by atoms with Crippen molar-refractivity contribution in [2.24, 2.45) is 5.73 Å². The van der Waals surface area contributed by atoms with Gasteiger partial charge in [0.15, 0.2) is 0 Å². The average molecular weight is 363 g/mol. The molecule has 2 N–H and O–H groups in total. The van der Waals surface area contributed by atoms with Gasteiger partial charge in [-0.1, -0.05) is 25.1 Å². The van der Waals surface area contributed by atoms with Gasteiger partial charge in [-0.05, 0) is 48.9 Å². The number of aryl methyl sites for hydroxylation is 1. The fourth-order valence-electron chi connectivity index (χ4n) is 3.47. The number of nitriles is 1. The Bertz CT molecular complexity index is 960. The first-order valence-electron chi connectivity index (χ1n) is 8.61. The normalized spacial score (nSPS) is 10.7. The highest BCUT2D eigenvalue weighted by Crippen LogP contribution is 2.33. The number of benzene rings is 1. The summed E-state index contributed by atoms with van der Waals surface area (Å²) >= 11 is 1.74. The number of hydrogen-bond acceptors (Lipinski definition) is 3. The van der Waals surface area contributed by atoms with Gasteiger partial charge in [0.1, 0.15) is 0 Å². The van der Waals surface area contributed by atoms with Gasteiger partial charge in [-0.15, -0.1) is 11.3 Å². The molecule has 0 spiro atoms. The highest BCUT2D eigenvalue weighted by Gasteiger charge is 2.23. The number of amides is 1. The molecule has 0 saturated heterocycles. The lowest BCUT2D eigenvalue weighted by molar-refractivity contribution is 0.1000. The van der Waals surface area contributed by atoms with E-state index in [0.29, 0.717) is 11.1 Å². The standard InChI is InChI=1S/C21H21N3OS/c1-3-18-20(16-8-6-15(13-22)7-9-16)19(21(23)25)14(2)24(18)11-10-17-5-4-12-26-17/h4-9,12H,3,10-11H2,1-2H3,(H2,23,25). The van der Waals surface area contributed by atoms with Gasteiger partial charge >= 0.3 is 0 Å². The van der Waals surface area contributed by atoms with Gasteiger partial charge in [-0.25, -0.2) is 0 Å². The molecular formula is C21H21N3OS. The molecule has 0 atom stereocenters. The van der Waals surface area contributed by atoms with Crippen molar-refractivity contribution in [1.82, 2.24) is 4.57 Å². The van der Waals surface area contributed by atoms with Crippen molar-refractivity contribution in [2.45, 2.75) is 33.2 Å². The maximum atomic E-state index is 12.2. The van der Waals surface area contributed by atoms with E-state index in [2.05, 4.69) is 35.1 Å². The van der Waals surface area contributed by atoms with Gasteiger partial charge in [-0.2, -0.15) is 5.26 Å². The Labute approximate surface area is 157 Å². The topological polar surface area (TPSA) is 71.8 Å². The van der Waals surface area contributed by atoms with Crippen molar-refractivity contribution in [1.29, 1.82) is 5.26 Å². The molecule has 0 aliphatic carbocycles. The molecule has 0 bridgehead atoms. The molecule has 4 nitrogen and oxygen atoms in total. The second-order valence-electron chi connectivity index (χ2n) is 6.17. The maximum Gasteiger partial charge on any atom is 0.251 e. The van der Waals surface area contributed by atoms with Crippen molar-refractivity contribution < 1.29 is 4.79 Å². The first-order chi connectivity index (χ1) is 12.6. The molecule has 0 aliphatic rings. The molecule has 0 radical (unpaired) electrons. The van der Waals surface area contributed by atoms with Crippen molar-refractivity contribution in [3.63, 3.8) is 0 Å². The molecule has 0 fully saturated rings. The van der Waals surface area contributed by atoms with Gasteiger partial charge in [0, 0.05) is 28.4 Å². The second-order valence-corrected chi connectivity index (χ2v) is 7.20. The Morgan fingerprint density at radius 1 is 1.27 bits per heavy atom. The minimum absolute atomic E-state index is 0.411. The summed E-state index contributed by atoms with van der Waals surface area (Å²) in [4.78, 5) is 13.5. The number of carbonyl (C=O) groups excluding carboxylic acids is 1. The Balaban J connectivity index is 2.10. The number of rotatable bonds is 6. The first kappa shape index (κ1) is 18.0. The number of primary amides is 1. The molecule has 0 aliphatic heterocycles. The fourth-order valence-corrected chi connectivity index (χ4v) is 4.17. The van der Waals surface area contributed by atoms with E-state index < -0.39 is 5.91 Å². The van der Waals surface area contributed by atoms with Gasteiger partial charge in [0.05, 0.1) is 17.2 Å². The van der Waals surface area contributed by atoms with Crippen LogP contribution < -0.4 is 5.73 Å². The molecule has 132 valence electrons. The molecule has 3 aromatic rings. The smallest absolute Gasteiger partial charge is 0.251 e. The molecule has 2 aromatic heterocycles. The van der Waals surface area contributed by atoms with Crippen LogP contribution in [0, 0.1) is 18.3 Å².